The van der Waals surface area contributed by atoms with Crippen molar-refractivity contribution >= 4 is 21.7 Å². The monoisotopic (exact) mass is 372 g/mol. The van der Waals surface area contributed by atoms with Crippen molar-refractivity contribution in [1.29, 1.82) is 0 Å². The highest BCUT2D eigenvalue weighted by molar-refractivity contribution is 7.92. The summed E-state index contributed by atoms with van der Waals surface area (Å²) in [5.41, 5.74) is -0.0950. The molecule has 0 bridgehead atoms. The molecule has 7 nitrogen and oxygen atoms in total. The molecule has 0 fully saturated rings. The van der Waals surface area contributed by atoms with Gasteiger partial charge in [0.15, 0.2) is 5.75 Å². The second kappa shape index (κ2) is 8.64. The van der Waals surface area contributed by atoms with Gasteiger partial charge in [-0.15, -0.1) is 0 Å². The molecule has 0 heterocycles. The zero-order chi connectivity index (χ0) is 19.3. The maximum absolute atomic E-state index is 12.1. The third kappa shape index (κ3) is 7.41. The van der Waals surface area contributed by atoms with Crippen LogP contribution in [0.2, 0.25) is 0 Å². The molecule has 0 saturated heterocycles. The molecule has 1 unspecified atom stereocenters. The number of carbonyl (C=O) groups is 1. The number of aliphatic hydroxyl groups is 1. The van der Waals surface area contributed by atoms with E-state index >= 15 is 0 Å². The molecule has 0 aromatic heterocycles. The fourth-order valence-corrected chi connectivity index (χ4v) is 2.47. The van der Waals surface area contributed by atoms with E-state index < -0.39 is 27.5 Å². The van der Waals surface area contributed by atoms with E-state index in [9.17, 15) is 18.3 Å². The molecule has 1 aromatic rings. The van der Waals surface area contributed by atoms with Gasteiger partial charge in [-0.25, -0.2) is 8.42 Å². The first-order valence-corrected chi connectivity index (χ1v) is 10.1. The minimum Gasteiger partial charge on any atom is -0.424 e. The van der Waals surface area contributed by atoms with Gasteiger partial charge in [0.1, 0.15) is 0 Å². The maximum Gasteiger partial charge on any atom is 0.316 e. The van der Waals surface area contributed by atoms with Gasteiger partial charge in [0.25, 0.3) is 0 Å². The number of esters is 1. The van der Waals surface area contributed by atoms with Gasteiger partial charge < -0.3 is 15.2 Å². The van der Waals surface area contributed by atoms with Crippen molar-refractivity contribution in [1.82, 2.24) is 5.32 Å². The molecular weight excluding hydrogens is 344 g/mol. The fourth-order valence-electron chi connectivity index (χ4n) is 1.91. The lowest BCUT2D eigenvalue weighted by molar-refractivity contribution is -0.142. The predicted molar refractivity (Wildman–Crippen MR) is 98.1 cm³/mol. The molecule has 0 aliphatic carbocycles. The predicted octanol–water partition coefficient (Wildman–Crippen LogP) is 2.04. The number of ether oxygens (including phenoxy) is 1. The molecule has 0 aliphatic rings. The van der Waals surface area contributed by atoms with Crippen LogP contribution >= 0.6 is 0 Å². The Hall–Kier alpha value is -1.64. The number of hydrogen-bond donors (Lipinski definition) is 3. The van der Waals surface area contributed by atoms with Gasteiger partial charge in [-0.3, -0.25) is 9.52 Å². The molecule has 0 amide bonds. The number of anilines is 1. The van der Waals surface area contributed by atoms with Crippen molar-refractivity contribution in [3.63, 3.8) is 0 Å². The molecule has 8 heteroatoms. The summed E-state index contributed by atoms with van der Waals surface area (Å²) in [5, 5.41) is 13.3. The van der Waals surface area contributed by atoms with Crippen LogP contribution in [-0.2, 0) is 14.8 Å². The van der Waals surface area contributed by atoms with Crippen molar-refractivity contribution in [2.24, 2.45) is 5.41 Å². The Morgan fingerprint density at radius 3 is 2.48 bits per heavy atom. The number of aliphatic hydroxyl groups excluding tert-OH is 1. The quantitative estimate of drug-likeness (QED) is 0.366. The number of rotatable bonds is 8. The van der Waals surface area contributed by atoms with Crippen molar-refractivity contribution in [2.75, 3.05) is 24.1 Å². The highest BCUT2D eigenvalue weighted by Gasteiger charge is 2.25. The largest absolute Gasteiger partial charge is 0.424 e. The summed E-state index contributed by atoms with van der Waals surface area (Å²) >= 11 is 0. The van der Waals surface area contributed by atoms with Crippen LogP contribution in [0, 0.1) is 5.41 Å². The molecule has 25 heavy (non-hydrogen) atoms. The summed E-state index contributed by atoms with van der Waals surface area (Å²) in [5.74, 6) is -0.384. The summed E-state index contributed by atoms with van der Waals surface area (Å²) < 4.78 is 30.9. The van der Waals surface area contributed by atoms with Crippen molar-refractivity contribution in [2.45, 2.75) is 40.2 Å². The fraction of sp³-hybridized carbons (Fsp3) is 0.588. The number of nitrogens with one attached hydrogen (secondary N) is 2. The molecule has 142 valence electrons. The molecule has 1 aromatic carbocycles. The van der Waals surface area contributed by atoms with Gasteiger partial charge in [0, 0.05) is 6.54 Å². The summed E-state index contributed by atoms with van der Waals surface area (Å²) in [6.45, 7) is 8.25. The van der Waals surface area contributed by atoms with E-state index in [0.29, 0.717) is 12.1 Å². The van der Waals surface area contributed by atoms with Crippen molar-refractivity contribution in [3.8, 4) is 5.75 Å². The molecule has 0 spiro atoms. The Kier molecular flexibility index (Phi) is 7.40. The summed E-state index contributed by atoms with van der Waals surface area (Å²) in [7, 11) is -3.57. The Morgan fingerprint density at radius 2 is 1.96 bits per heavy atom. The van der Waals surface area contributed by atoms with E-state index in [1.807, 2.05) is 6.92 Å². The van der Waals surface area contributed by atoms with Crippen LogP contribution in [0.15, 0.2) is 18.2 Å². The van der Waals surface area contributed by atoms with E-state index in [1.54, 1.807) is 26.8 Å². The van der Waals surface area contributed by atoms with E-state index in [1.165, 1.54) is 12.1 Å². The molecule has 1 rings (SSSR count). The average Bonchev–Trinajstić information content (AvgIpc) is 2.46. The van der Waals surface area contributed by atoms with E-state index in [-0.39, 0.29) is 11.4 Å². The first kappa shape index (κ1) is 21.4. The number of hydrogen-bond acceptors (Lipinski definition) is 6. The topological polar surface area (TPSA) is 105 Å². The van der Waals surface area contributed by atoms with Crippen LogP contribution in [0.1, 0.15) is 45.8 Å². The molecule has 1 atom stereocenters. The zero-order valence-electron chi connectivity index (χ0n) is 15.4. The molecule has 0 radical (unpaired) electrons. The Morgan fingerprint density at radius 1 is 1.32 bits per heavy atom. The van der Waals surface area contributed by atoms with E-state index in [0.717, 1.165) is 19.2 Å². The number of benzene rings is 1. The van der Waals surface area contributed by atoms with Crippen LogP contribution in [-0.4, -0.2) is 38.8 Å². The Bertz CT molecular complexity index is 695. The second-order valence-corrected chi connectivity index (χ2v) is 8.74. The maximum atomic E-state index is 12.1. The first-order chi connectivity index (χ1) is 11.4. The van der Waals surface area contributed by atoms with Gasteiger partial charge in [-0.1, -0.05) is 13.0 Å². The van der Waals surface area contributed by atoms with Gasteiger partial charge in [-0.2, -0.15) is 0 Å². The highest BCUT2D eigenvalue weighted by atomic mass is 32.2. The molecule has 0 aliphatic heterocycles. The smallest absolute Gasteiger partial charge is 0.316 e. The second-order valence-electron chi connectivity index (χ2n) is 6.99. The lowest BCUT2D eigenvalue weighted by Crippen LogP contribution is -2.26. The van der Waals surface area contributed by atoms with Crippen molar-refractivity contribution in [3.05, 3.63) is 23.8 Å². The number of carbonyl (C=O) groups excluding carboxylic acids is 1. The minimum absolute atomic E-state index is 0.0998. The van der Waals surface area contributed by atoms with Crippen molar-refractivity contribution < 1.29 is 23.1 Å². The van der Waals surface area contributed by atoms with Gasteiger partial charge in [-0.05, 0) is 51.4 Å². The summed E-state index contributed by atoms with van der Waals surface area (Å²) in [6, 6.07) is 4.57. The minimum atomic E-state index is -3.57. The molecular formula is C17H28N2O5S. The average molecular weight is 372 g/mol. The Labute approximate surface area is 149 Å². The van der Waals surface area contributed by atoms with Gasteiger partial charge in [0.05, 0.1) is 23.5 Å². The summed E-state index contributed by atoms with van der Waals surface area (Å²) in [4.78, 5) is 12.1. The van der Waals surface area contributed by atoms with Gasteiger partial charge >= 0.3 is 5.97 Å². The van der Waals surface area contributed by atoms with Crippen LogP contribution in [0.4, 0.5) is 5.69 Å². The lowest BCUT2D eigenvalue weighted by Gasteiger charge is -2.20. The first-order valence-electron chi connectivity index (χ1n) is 8.17. The van der Waals surface area contributed by atoms with E-state index in [4.69, 9.17) is 4.74 Å². The van der Waals surface area contributed by atoms with Crippen LogP contribution < -0.4 is 14.8 Å². The molecule has 0 saturated carbocycles. The molecule has 3 N–H and O–H groups in total. The highest BCUT2D eigenvalue weighted by Crippen LogP contribution is 2.31. The lowest BCUT2D eigenvalue weighted by atomic mass is 9.97. The van der Waals surface area contributed by atoms with Crippen LogP contribution in [0.25, 0.3) is 0 Å². The zero-order valence-corrected chi connectivity index (χ0v) is 16.2. The number of sulfonamides is 1. The SMILES string of the molecule is CCCNCC(O)c1ccc(OC(=O)C(C)(C)C)c(NS(C)(=O)=O)c1. The van der Waals surface area contributed by atoms with Crippen LogP contribution in [0.5, 0.6) is 5.75 Å². The Balaban J connectivity index is 3.10. The third-order valence-corrected chi connectivity index (χ3v) is 3.85. The standard InChI is InChI=1S/C17H28N2O5S/c1-6-9-18-11-14(20)12-7-8-15(24-16(21)17(2,3)4)13(10-12)19-25(5,22)23/h7-8,10,14,18-20H,6,9,11H2,1-5H3. The van der Waals surface area contributed by atoms with Crippen LogP contribution in [0.3, 0.4) is 0 Å². The normalized spacial score (nSPS) is 13.4. The summed E-state index contributed by atoms with van der Waals surface area (Å²) in [6.07, 6.45) is 1.14. The third-order valence-electron chi connectivity index (χ3n) is 3.26. The van der Waals surface area contributed by atoms with Gasteiger partial charge in [0.2, 0.25) is 10.0 Å². The van der Waals surface area contributed by atoms with E-state index in [2.05, 4.69) is 10.0 Å².